The van der Waals surface area contributed by atoms with Crippen molar-refractivity contribution in [2.45, 2.75) is 171 Å². The molecule has 2 fully saturated rings. The molecule has 0 aliphatic carbocycles. The summed E-state index contributed by atoms with van der Waals surface area (Å²) in [5.74, 6) is -2.23. The van der Waals surface area contributed by atoms with E-state index in [4.69, 9.17) is 19.8 Å². The molecular weight excluding hydrogens is 887 g/mol. The summed E-state index contributed by atoms with van der Waals surface area (Å²) in [5.41, 5.74) is 3.21. The van der Waals surface area contributed by atoms with Gasteiger partial charge in [-0.15, -0.1) is 0 Å². The normalized spacial score (nSPS) is 13.9. The Balaban J connectivity index is -0.000000381. The number of aromatic nitrogens is 1. The first-order chi connectivity index (χ1) is 33.8. The molecule has 70 heavy (non-hydrogen) atoms. The predicted octanol–water partition coefficient (Wildman–Crippen LogP) is 10.4. The van der Waals surface area contributed by atoms with Crippen LogP contribution in [-0.2, 0) is 35.2 Å². The Labute approximate surface area is 423 Å². The summed E-state index contributed by atoms with van der Waals surface area (Å²) >= 11 is 0. The molecule has 1 aromatic heterocycles. The van der Waals surface area contributed by atoms with Crippen LogP contribution in [0, 0.1) is 6.92 Å². The number of aliphatic carboxylic acids is 1. The maximum absolute atomic E-state index is 12.1. The van der Waals surface area contributed by atoms with Gasteiger partial charge < -0.3 is 40.7 Å². The molecule has 2 aliphatic heterocycles. The summed E-state index contributed by atoms with van der Waals surface area (Å²) in [4.78, 5) is 71.8. The summed E-state index contributed by atoms with van der Waals surface area (Å²) in [7, 11) is 2.67. The first-order valence-electron chi connectivity index (χ1n) is 25.3. The summed E-state index contributed by atoms with van der Waals surface area (Å²) < 4.78 is 1.78. The molecule has 1 atom stereocenters. The average molecular weight is 982 g/mol. The van der Waals surface area contributed by atoms with Gasteiger partial charge in [-0.3, -0.25) is 24.0 Å². The summed E-state index contributed by atoms with van der Waals surface area (Å²) in [5, 5.41) is 23.9. The number of amides is 4. The van der Waals surface area contributed by atoms with Crippen molar-refractivity contribution in [3.05, 3.63) is 96.2 Å². The molecule has 5 rings (SSSR count). The van der Waals surface area contributed by atoms with E-state index in [0.29, 0.717) is 13.0 Å². The van der Waals surface area contributed by atoms with Crippen molar-refractivity contribution >= 4 is 47.3 Å². The van der Waals surface area contributed by atoms with Crippen molar-refractivity contribution in [3.8, 4) is 0 Å². The molecule has 398 valence electrons. The van der Waals surface area contributed by atoms with E-state index in [9.17, 15) is 24.0 Å². The molecule has 0 bridgehead atoms. The minimum Gasteiger partial charge on any atom is -0.481 e. The van der Waals surface area contributed by atoms with Crippen molar-refractivity contribution in [3.63, 3.8) is 0 Å². The number of piperidine rings is 1. The Morgan fingerprint density at radius 2 is 1.16 bits per heavy atom. The van der Waals surface area contributed by atoms with Gasteiger partial charge in [0.1, 0.15) is 19.9 Å². The van der Waals surface area contributed by atoms with Gasteiger partial charge in [-0.25, -0.2) is 0 Å². The van der Waals surface area contributed by atoms with Crippen LogP contribution in [0.25, 0.3) is 10.9 Å². The number of carbonyl (C=O) groups is 6. The quantitative estimate of drug-likeness (QED) is 0.0818. The smallest absolute Gasteiger partial charge is 0.307 e. The highest BCUT2D eigenvalue weighted by Crippen LogP contribution is 2.19. The fraction of sp³-hybridized carbons (Fsp3) is 0.571. The highest BCUT2D eigenvalue weighted by atomic mass is 16.6. The average Bonchev–Trinajstić information content (AvgIpc) is 3.73. The van der Waals surface area contributed by atoms with Crippen LogP contribution in [0.4, 0.5) is 0 Å². The van der Waals surface area contributed by atoms with E-state index in [-0.39, 0.29) is 37.9 Å². The third-order valence-corrected chi connectivity index (χ3v) is 10.1. The van der Waals surface area contributed by atoms with E-state index in [1.807, 2.05) is 87.5 Å². The number of aliphatic hydroxyl groups is 1. The van der Waals surface area contributed by atoms with Crippen LogP contribution in [-0.4, -0.2) is 103 Å². The van der Waals surface area contributed by atoms with Crippen molar-refractivity contribution in [1.29, 1.82) is 0 Å². The minimum atomic E-state index is -0.786. The number of fused-ring (bicyclic) bond motifs is 2. The van der Waals surface area contributed by atoms with Gasteiger partial charge in [-0.1, -0.05) is 191 Å². The molecule has 5 N–H and O–H groups in total. The lowest BCUT2D eigenvalue weighted by Crippen LogP contribution is -2.56. The second-order valence-electron chi connectivity index (χ2n) is 15.9. The predicted molar refractivity (Wildman–Crippen MR) is 290 cm³/mol. The Bertz CT molecular complexity index is 1720. The molecule has 14 heteroatoms. The molecule has 0 spiro atoms. The van der Waals surface area contributed by atoms with Gasteiger partial charge in [0, 0.05) is 25.2 Å². The van der Waals surface area contributed by atoms with Crippen molar-refractivity contribution in [1.82, 2.24) is 25.6 Å². The van der Waals surface area contributed by atoms with E-state index < -0.39 is 23.8 Å². The molecule has 0 radical (unpaired) electrons. The molecule has 2 aromatic carbocycles. The lowest BCUT2D eigenvalue weighted by Gasteiger charge is -2.35. The Hall–Kier alpha value is -5.76. The number of carboxylic acid groups (broad SMARTS) is 1. The number of allylic oxidation sites excluding steroid dienone is 4. The van der Waals surface area contributed by atoms with Gasteiger partial charge in [0.15, 0.2) is 0 Å². The fourth-order valence-electron chi connectivity index (χ4n) is 6.18. The molecule has 3 aromatic rings. The number of carboxylic acids is 1. The van der Waals surface area contributed by atoms with Gasteiger partial charge in [0.2, 0.25) is 23.6 Å². The lowest BCUT2D eigenvalue weighted by molar-refractivity contribution is -0.143. The van der Waals surface area contributed by atoms with Gasteiger partial charge in [0.25, 0.3) is 0 Å². The topological polar surface area (TPSA) is 196 Å². The maximum Gasteiger partial charge on any atom is 0.307 e. The molecule has 14 nitrogen and oxygen atoms in total. The number of unbranched alkanes of at least 4 members (excludes halogenated alkanes) is 9. The lowest BCUT2D eigenvalue weighted by atomic mass is 10.0. The summed E-state index contributed by atoms with van der Waals surface area (Å²) in [6, 6.07) is 16.8. The molecule has 3 heterocycles. The number of benzene rings is 2. The number of aliphatic hydroxyl groups excluding tert-OH is 1. The number of hydrogen-bond donors (Lipinski definition) is 5. The van der Waals surface area contributed by atoms with Crippen LogP contribution in [0.5, 0.6) is 0 Å². The molecular formula is C56H95N5O9. The molecule has 2 aliphatic rings. The largest absolute Gasteiger partial charge is 0.481 e. The standard InChI is InChI=1S/C12H18N4O4.C10H11NO.C8H8O2.C8H18.C6H14.C6H10.C4H10.CH4O.CH2O/c17-9-5-13-10(18)6-15-12(20)8-3-1-2-4-16(8)11(19)7-14-9;1-8-7-11(12-2)10-6-4-3-5-9(8)10;9-8(10)6-7-4-2-1-3-5-7;1-3-5-7-8-6-4-2;2*1-3-5-6-4-2;1-3-4-2;2*1-2/h8H,1-7H2,(H,13,18)(H,14,17)(H,15,20);3-7H,1-2H3;1-5H,6H2,(H,9,10);3-8H2,1-2H3;3-6H2,1-2H3;3-6H,1-2H3;3-4H2,1-2H3;2H,1H3;1H2/b;;;;;5-3-,6-4-;;;. The molecule has 1 unspecified atom stereocenters. The van der Waals surface area contributed by atoms with Crippen molar-refractivity contribution in [2.75, 3.05) is 40.4 Å². The first-order valence-corrected chi connectivity index (χ1v) is 25.3. The van der Waals surface area contributed by atoms with E-state index in [0.717, 1.165) is 31.0 Å². The van der Waals surface area contributed by atoms with Gasteiger partial charge in [-0.2, -0.15) is 4.73 Å². The summed E-state index contributed by atoms with van der Waals surface area (Å²) in [6.45, 7) is 21.4. The van der Waals surface area contributed by atoms with E-state index in [2.05, 4.69) is 70.5 Å². The van der Waals surface area contributed by atoms with Crippen LogP contribution in [0.2, 0.25) is 0 Å². The first kappa shape index (κ1) is 70.8. The van der Waals surface area contributed by atoms with Crippen LogP contribution in [0.1, 0.15) is 163 Å². The van der Waals surface area contributed by atoms with E-state index in [1.54, 1.807) is 24.0 Å². The van der Waals surface area contributed by atoms with Crippen LogP contribution < -0.4 is 20.8 Å². The van der Waals surface area contributed by atoms with Crippen LogP contribution in [0.15, 0.2) is 85.1 Å². The molecule has 0 saturated carbocycles. The minimum absolute atomic E-state index is 0.112. The van der Waals surface area contributed by atoms with Gasteiger partial charge in [0.05, 0.1) is 31.6 Å². The number of carbonyl (C=O) groups excluding carboxylic acids is 5. The number of aryl methyl sites for hydroxylation is 1. The zero-order valence-electron chi connectivity index (χ0n) is 45.2. The number of nitrogens with one attached hydrogen (secondary N) is 3. The third-order valence-electron chi connectivity index (χ3n) is 10.1. The van der Waals surface area contributed by atoms with Crippen LogP contribution >= 0.6 is 0 Å². The second kappa shape index (κ2) is 52.6. The number of hydrogen-bond acceptors (Lipinski definition) is 8. The van der Waals surface area contributed by atoms with E-state index >= 15 is 0 Å². The second-order valence-corrected chi connectivity index (χ2v) is 15.9. The SMILES string of the molecule is C/C=C\C=C/C.C=O.CCCC.CCCCCC.CCCCCCCC.CO.COn1cc(C)c2ccccc21.O=C(O)Cc1ccccc1.O=C1CNC(=O)CNC(=O)C2CCCCN2C(=O)CN1. The third kappa shape index (κ3) is 39.1. The fourth-order valence-corrected chi connectivity index (χ4v) is 6.18. The number of nitrogens with zero attached hydrogens (tertiary/aromatic N) is 2. The molecule has 2 saturated heterocycles. The highest BCUT2D eigenvalue weighted by molar-refractivity contribution is 5.94. The zero-order valence-corrected chi connectivity index (χ0v) is 45.2. The van der Waals surface area contributed by atoms with Gasteiger partial charge in [-0.05, 0) is 57.2 Å². The van der Waals surface area contributed by atoms with E-state index in [1.165, 1.54) is 92.9 Å². The number of para-hydroxylation sites is 1. The Morgan fingerprint density at radius 3 is 1.63 bits per heavy atom. The summed E-state index contributed by atoms with van der Waals surface area (Å²) in [6.07, 6.45) is 29.0. The van der Waals surface area contributed by atoms with Crippen molar-refractivity contribution < 1.29 is 43.8 Å². The zero-order chi connectivity index (χ0) is 53.8. The highest BCUT2D eigenvalue weighted by Gasteiger charge is 2.32. The van der Waals surface area contributed by atoms with Crippen molar-refractivity contribution in [2.24, 2.45) is 0 Å². The Kier molecular flexibility index (Phi) is 53.2. The van der Waals surface area contributed by atoms with Gasteiger partial charge >= 0.3 is 5.97 Å². The molecule has 4 amide bonds. The maximum atomic E-state index is 12.1. The number of rotatable bonds is 13. The monoisotopic (exact) mass is 982 g/mol. The Morgan fingerprint density at radius 1 is 0.686 bits per heavy atom. The van der Waals surface area contributed by atoms with Crippen LogP contribution in [0.3, 0.4) is 0 Å².